The molecular formula is C11H17N5. The fourth-order valence-corrected chi connectivity index (χ4v) is 1.56. The lowest BCUT2D eigenvalue weighted by Gasteiger charge is -2.15. The average Bonchev–Trinajstić information content (AvgIpc) is 2.72. The highest BCUT2D eigenvalue weighted by Crippen LogP contribution is 1.98. The Morgan fingerprint density at radius 3 is 2.88 bits per heavy atom. The van der Waals surface area contributed by atoms with Crippen molar-refractivity contribution in [3.8, 4) is 0 Å². The lowest BCUT2D eigenvalue weighted by molar-refractivity contribution is 0.535. The molecule has 0 bridgehead atoms. The maximum absolute atomic E-state index is 4.35. The predicted octanol–water partition coefficient (Wildman–Crippen LogP) is 0.384. The van der Waals surface area contributed by atoms with Gasteiger partial charge in [0.15, 0.2) is 5.96 Å². The van der Waals surface area contributed by atoms with Gasteiger partial charge < -0.3 is 15.5 Å². The van der Waals surface area contributed by atoms with E-state index in [0.717, 1.165) is 38.0 Å². The van der Waals surface area contributed by atoms with Gasteiger partial charge in [-0.05, 0) is 12.1 Å². The Labute approximate surface area is 95.6 Å². The first-order valence-corrected chi connectivity index (χ1v) is 5.50. The molecule has 0 aliphatic carbocycles. The molecule has 2 N–H and O–H groups in total. The highest BCUT2D eigenvalue weighted by molar-refractivity contribution is 5.81. The maximum Gasteiger partial charge on any atom is 0.193 e. The smallest absolute Gasteiger partial charge is 0.193 e. The topological polar surface area (TPSA) is 52.5 Å². The van der Waals surface area contributed by atoms with E-state index in [1.54, 1.807) is 6.20 Å². The summed E-state index contributed by atoms with van der Waals surface area (Å²) in [5.41, 5.74) is 0. The lowest BCUT2D eigenvalue weighted by Crippen LogP contribution is -2.37. The molecule has 0 spiro atoms. The van der Waals surface area contributed by atoms with Gasteiger partial charge in [-0.15, -0.1) is 0 Å². The Kier molecular flexibility index (Phi) is 3.58. The second kappa shape index (κ2) is 5.34. The van der Waals surface area contributed by atoms with Gasteiger partial charge >= 0.3 is 0 Å². The molecule has 16 heavy (non-hydrogen) atoms. The summed E-state index contributed by atoms with van der Waals surface area (Å²) in [5.74, 6) is 1.90. The maximum atomic E-state index is 4.35. The van der Waals surface area contributed by atoms with E-state index >= 15 is 0 Å². The van der Waals surface area contributed by atoms with Crippen molar-refractivity contribution in [2.75, 3.05) is 38.5 Å². The Morgan fingerprint density at radius 2 is 2.19 bits per heavy atom. The largest absolute Gasteiger partial charge is 0.368 e. The van der Waals surface area contributed by atoms with Crippen LogP contribution in [0.2, 0.25) is 0 Å². The standard InChI is InChI=1S/C11H17N5/c1-16-9-8-15-11(16)14-7-6-13-10-4-2-3-5-12-10/h2-5H,6-9H2,1H3,(H,12,13)(H,14,15). The Bertz CT molecular complexity index is 349. The quantitative estimate of drug-likeness (QED) is 0.719. The molecule has 2 rings (SSSR count). The number of hydrogen-bond acceptors (Lipinski definition) is 5. The summed E-state index contributed by atoms with van der Waals surface area (Å²) < 4.78 is 0. The fraction of sp³-hybridized carbons (Fsp3) is 0.455. The molecular weight excluding hydrogens is 202 g/mol. The van der Waals surface area contributed by atoms with Crippen molar-refractivity contribution >= 4 is 11.8 Å². The summed E-state index contributed by atoms with van der Waals surface area (Å²) in [6, 6.07) is 5.84. The summed E-state index contributed by atoms with van der Waals surface area (Å²) in [6.07, 6.45) is 1.78. The molecule has 5 nitrogen and oxygen atoms in total. The zero-order valence-electron chi connectivity index (χ0n) is 9.48. The average molecular weight is 219 g/mol. The van der Waals surface area contributed by atoms with E-state index in [9.17, 15) is 0 Å². The fourth-order valence-electron chi connectivity index (χ4n) is 1.56. The molecule has 0 amide bonds. The molecule has 0 saturated heterocycles. The van der Waals surface area contributed by atoms with Crippen molar-refractivity contribution in [1.82, 2.24) is 15.2 Å². The second-order valence-corrected chi connectivity index (χ2v) is 3.70. The van der Waals surface area contributed by atoms with Crippen molar-refractivity contribution in [2.45, 2.75) is 0 Å². The molecule has 0 unspecified atom stereocenters. The monoisotopic (exact) mass is 219 g/mol. The highest BCUT2D eigenvalue weighted by Gasteiger charge is 2.10. The molecule has 1 aromatic rings. The van der Waals surface area contributed by atoms with Gasteiger partial charge in [-0.25, -0.2) is 4.98 Å². The van der Waals surface area contributed by atoms with E-state index in [4.69, 9.17) is 0 Å². The van der Waals surface area contributed by atoms with E-state index in [-0.39, 0.29) is 0 Å². The van der Waals surface area contributed by atoms with Crippen molar-refractivity contribution in [1.29, 1.82) is 0 Å². The molecule has 0 fully saturated rings. The minimum Gasteiger partial charge on any atom is -0.368 e. The van der Waals surface area contributed by atoms with Crippen LogP contribution in [0.3, 0.4) is 0 Å². The zero-order valence-corrected chi connectivity index (χ0v) is 9.48. The van der Waals surface area contributed by atoms with Gasteiger partial charge in [-0.3, -0.25) is 4.99 Å². The molecule has 0 aromatic carbocycles. The minimum atomic E-state index is 0.837. The third-order valence-electron chi connectivity index (χ3n) is 2.44. The summed E-state index contributed by atoms with van der Waals surface area (Å²) in [4.78, 5) is 10.7. The molecule has 2 heterocycles. The predicted molar refractivity (Wildman–Crippen MR) is 65.7 cm³/mol. The van der Waals surface area contributed by atoms with E-state index < -0.39 is 0 Å². The number of pyridine rings is 1. The van der Waals surface area contributed by atoms with Crippen LogP contribution in [-0.2, 0) is 0 Å². The van der Waals surface area contributed by atoms with Crippen molar-refractivity contribution < 1.29 is 0 Å². The SMILES string of the molecule is CN1CCN=C1NCCNc1ccccn1. The molecule has 1 aromatic heterocycles. The summed E-state index contributed by atoms with van der Waals surface area (Å²) in [6.45, 7) is 3.59. The van der Waals surface area contributed by atoms with Crippen LogP contribution in [0.5, 0.6) is 0 Å². The van der Waals surface area contributed by atoms with E-state index in [2.05, 4.69) is 25.5 Å². The van der Waals surface area contributed by atoms with Gasteiger partial charge in [-0.2, -0.15) is 0 Å². The number of rotatable bonds is 4. The van der Waals surface area contributed by atoms with Gasteiger partial charge in [-0.1, -0.05) is 6.07 Å². The van der Waals surface area contributed by atoms with Gasteiger partial charge in [0.05, 0.1) is 6.54 Å². The number of aliphatic imine (C=N–C) groups is 1. The number of anilines is 1. The Hall–Kier alpha value is -1.78. The number of guanidine groups is 1. The number of nitrogens with one attached hydrogen (secondary N) is 2. The molecule has 86 valence electrons. The van der Waals surface area contributed by atoms with Gasteiger partial charge in [0.25, 0.3) is 0 Å². The van der Waals surface area contributed by atoms with E-state index in [0.29, 0.717) is 0 Å². The first kappa shape index (κ1) is 10.7. The van der Waals surface area contributed by atoms with Crippen LogP contribution in [0.15, 0.2) is 29.4 Å². The van der Waals surface area contributed by atoms with Crippen molar-refractivity contribution in [3.05, 3.63) is 24.4 Å². The molecule has 0 atom stereocenters. The summed E-state index contributed by atoms with van der Waals surface area (Å²) in [5, 5.41) is 6.52. The number of aromatic nitrogens is 1. The van der Waals surface area contributed by atoms with Crippen LogP contribution in [0.25, 0.3) is 0 Å². The highest BCUT2D eigenvalue weighted by atomic mass is 15.3. The summed E-state index contributed by atoms with van der Waals surface area (Å²) >= 11 is 0. The lowest BCUT2D eigenvalue weighted by atomic mass is 10.4. The van der Waals surface area contributed by atoms with Crippen molar-refractivity contribution in [3.63, 3.8) is 0 Å². The molecule has 1 aliphatic heterocycles. The third-order valence-corrected chi connectivity index (χ3v) is 2.44. The van der Waals surface area contributed by atoms with Gasteiger partial charge in [0.2, 0.25) is 0 Å². The number of nitrogens with zero attached hydrogens (tertiary/aromatic N) is 3. The summed E-state index contributed by atoms with van der Waals surface area (Å²) in [7, 11) is 2.05. The Morgan fingerprint density at radius 1 is 1.31 bits per heavy atom. The van der Waals surface area contributed by atoms with Crippen LogP contribution in [-0.4, -0.2) is 49.1 Å². The van der Waals surface area contributed by atoms with Gasteiger partial charge in [0, 0.05) is 32.9 Å². The first-order chi connectivity index (χ1) is 7.86. The molecule has 0 radical (unpaired) electrons. The third kappa shape index (κ3) is 2.85. The van der Waals surface area contributed by atoms with Gasteiger partial charge in [0.1, 0.15) is 5.82 Å². The normalized spacial score (nSPS) is 14.8. The van der Waals surface area contributed by atoms with Crippen LogP contribution in [0.1, 0.15) is 0 Å². The van der Waals surface area contributed by atoms with Crippen LogP contribution in [0, 0.1) is 0 Å². The van der Waals surface area contributed by atoms with E-state index in [1.807, 2.05) is 25.2 Å². The number of likely N-dealkylation sites (N-methyl/N-ethyl adjacent to an activating group) is 1. The zero-order chi connectivity index (χ0) is 11.2. The van der Waals surface area contributed by atoms with Crippen LogP contribution >= 0.6 is 0 Å². The minimum absolute atomic E-state index is 0.837. The first-order valence-electron chi connectivity index (χ1n) is 5.50. The van der Waals surface area contributed by atoms with E-state index in [1.165, 1.54) is 0 Å². The Balaban J connectivity index is 1.66. The van der Waals surface area contributed by atoms with Crippen LogP contribution in [0.4, 0.5) is 5.82 Å². The molecule has 0 saturated carbocycles. The van der Waals surface area contributed by atoms with Crippen molar-refractivity contribution in [2.24, 2.45) is 4.99 Å². The molecule has 1 aliphatic rings. The molecule has 5 heteroatoms. The van der Waals surface area contributed by atoms with Crippen LogP contribution < -0.4 is 10.6 Å². The number of hydrogen-bond donors (Lipinski definition) is 2. The second-order valence-electron chi connectivity index (χ2n) is 3.70.